The second-order valence-electron chi connectivity index (χ2n) is 6.45. The zero-order valence-electron chi connectivity index (χ0n) is 15.7. The lowest BCUT2D eigenvalue weighted by molar-refractivity contribution is -0.140. The highest BCUT2D eigenvalue weighted by Gasteiger charge is 2.33. The van der Waals surface area contributed by atoms with Gasteiger partial charge in [-0.25, -0.2) is 0 Å². The molecule has 0 aromatic heterocycles. The van der Waals surface area contributed by atoms with E-state index in [0.29, 0.717) is 26.4 Å². The van der Waals surface area contributed by atoms with Crippen molar-refractivity contribution in [2.24, 2.45) is 0 Å². The number of rotatable bonds is 5. The molecule has 0 saturated carbocycles. The quantitative estimate of drug-likeness (QED) is 0.843. The molecule has 1 fully saturated rings. The van der Waals surface area contributed by atoms with Gasteiger partial charge < -0.3 is 24.4 Å². The number of nitrogens with zero attached hydrogens (tertiary/aromatic N) is 1. The number of benzene rings is 1. The number of carbonyl (C=O) groups excluding carboxylic acids is 1. The van der Waals surface area contributed by atoms with Gasteiger partial charge in [-0.2, -0.15) is 0 Å². The van der Waals surface area contributed by atoms with Crippen LogP contribution in [0.5, 0.6) is 11.5 Å². The highest BCUT2D eigenvalue weighted by atomic mass is 35.5. The predicted molar refractivity (Wildman–Crippen MR) is 102 cm³/mol. The van der Waals surface area contributed by atoms with Crippen LogP contribution in [0.1, 0.15) is 31.9 Å². The monoisotopic (exact) mass is 384 g/mol. The minimum absolute atomic E-state index is 0. The van der Waals surface area contributed by atoms with Gasteiger partial charge >= 0.3 is 0 Å². The Kier molecular flexibility index (Phi) is 7.55. The lowest BCUT2D eigenvalue weighted by Crippen LogP contribution is -2.57. The average molecular weight is 385 g/mol. The van der Waals surface area contributed by atoms with Crippen molar-refractivity contribution in [3.05, 3.63) is 23.3 Å². The number of amides is 1. The molecule has 0 unspecified atom stereocenters. The molecule has 2 atom stereocenters. The Morgan fingerprint density at radius 2 is 1.88 bits per heavy atom. The molecule has 26 heavy (non-hydrogen) atoms. The third-order valence-corrected chi connectivity index (χ3v) is 4.77. The lowest BCUT2D eigenvalue weighted by Gasteiger charge is -2.36. The molecule has 0 aliphatic carbocycles. The standard InChI is InChI=1S/C19H28N2O4.ClH/c1-4-23-16-10-14-6-8-21(12-15(14)11-17(16)24-5-2)19(22)18-13(3)25-9-7-20-18;/h10-11,13,18,20H,4-9,12H2,1-3H3;1H/t13-,18+;/m1./s1. The van der Waals surface area contributed by atoms with E-state index in [9.17, 15) is 4.79 Å². The summed E-state index contributed by atoms with van der Waals surface area (Å²) in [6, 6.07) is 3.83. The summed E-state index contributed by atoms with van der Waals surface area (Å²) in [4.78, 5) is 14.8. The van der Waals surface area contributed by atoms with Gasteiger partial charge in [-0.05, 0) is 50.5 Å². The molecule has 2 heterocycles. The van der Waals surface area contributed by atoms with E-state index in [4.69, 9.17) is 14.2 Å². The van der Waals surface area contributed by atoms with Crippen LogP contribution in [0.3, 0.4) is 0 Å². The Bertz CT molecular complexity index is 626. The fourth-order valence-corrected chi connectivity index (χ4v) is 3.50. The van der Waals surface area contributed by atoms with Crippen LogP contribution in [0.4, 0.5) is 0 Å². The fourth-order valence-electron chi connectivity index (χ4n) is 3.50. The first-order valence-corrected chi connectivity index (χ1v) is 9.19. The van der Waals surface area contributed by atoms with E-state index in [-0.39, 0.29) is 30.5 Å². The minimum Gasteiger partial charge on any atom is -0.490 e. The number of hydrogen-bond donors (Lipinski definition) is 1. The van der Waals surface area contributed by atoms with E-state index >= 15 is 0 Å². The maximum atomic E-state index is 12.9. The van der Waals surface area contributed by atoms with Crippen LogP contribution in [-0.2, 0) is 22.5 Å². The van der Waals surface area contributed by atoms with Crippen molar-refractivity contribution >= 4 is 18.3 Å². The van der Waals surface area contributed by atoms with Crippen LogP contribution >= 0.6 is 12.4 Å². The molecule has 2 aliphatic heterocycles. The van der Waals surface area contributed by atoms with Gasteiger partial charge in [0.25, 0.3) is 0 Å². The Morgan fingerprint density at radius 1 is 1.23 bits per heavy atom. The normalized spacial score (nSPS) is 22.2. The molecule has 1 aromatic carbocycles. The van der Waals surface area contributed by atoms with Gasteiger partial charge in [-0.15, -0.1) is 12.4 Å². The van der Waals surface area contributed by atoms with Crippen LogP contribution < -0.4 is 14.8 Å². The number of ether oxygens (including phenoxy) is 3. The third-order valence-electron chi connectivity index (χ3n) is 4.77. The van der Waals surface area contributed by atoms with Crippen molar-refractivity contribution in [1.29, 1.82) is 0 Å². The zero-order valence-corrected chi connectivity index (χ0v) is 16.6. The Labute approximate surface area is 161 Å². The molecule has 3 rings (SSSR count). The smallest absolute Gasteiger partial charge is 0.242 e. The Balaban J connectivity index is 0.00000243. The SMILES string of the molecule is CCOc1cc2c(cc1OCC)CN(C(=O)[C@H]1NCCO[C@@H]1C)CC2.Cl. The highest BCUT2D eigenvalue weighted by Crippen LogP contribution is 2.34. The average Bonchev–Trinajstić information content (AvgIpc) is 2.62. The molecule has 146 valence electrons. The molecule has 0 bridgehead atoms. The number of morpholine rings is 1. The zero-order chi connectivity index (χ0) is 17.8. The van der Waals surface area contributed by atoms with Crippen LogP contribution in [0.25, 0.3) is 0 Å². The highest BCUT2D eigenvalue weighted by molar-refractivity contribution is 5.85. The van der Waals surface area contributed by atoms with Crippen LogP contribution in [0.15, 0.2) is 12.1 Å². The molecule has 7 heteroatoms. The Morgan fingerprint density at radius 3 is 2.50 bits per heavy atom. The lowest BCUT2D eigenvalue weighted by atomic mass is 9.97. The van der Waals surface area contributed by atoms with Gasteiger partial charge in [-0.3, -0.25) is 4.79 Å². The molecule has 1 aromatic rings. The summed E-state index contributed by atoms with van der Waals surface area (Å²) in [5, 5.41) is 3.29. The van der Waals surface area contributed by atoms with Crippen molar-refractivity contribution < 1.29 is 19.0 Å². The number of carbonyl (C=O) groups is 1. The van der Waals surface area contributed by atoms with E-state index in [1.165, 1.54) is 5.56 Å². The van der Waals surface area contributed by atoms with E-state index in [0.717, 1.165) is 36.6 Å². The molecule has 0 radical (unpaired) electrons. The largest absolute Gasteiger partial charge is 0.490 e. The summed E-state index contributed by atoms with van der Waals surface area (Å²) in [7, 11) is 0. The van der Waals surface area contributed by atoms with Crippen molar-refractivity contribution in [3.63, 3.8) is 0 Å². The number of nitrogens with one attached hydrogen (secondary N) is 1. The molecule has 0 spiro atoms. The first kappa shape index (κ1) is 20.8. The van der Waals surface area contributed by atoms with Gasteiger partial charge in [0.15, 0.2) is 11.5 Å². The summed E-state index contributed by atoms with van der Waals surface area (Å²) >= 11 is 0. The summed E-state index contributed by atoms with van der Waals surface area (Å²) in [5.41, 5.74) is 2.37. The van der Waals surface area contributed by atoms with E-state index in [1.807, 2.05) is 31.7 Å². The van der Waals surface area contributed by atoms with Gasteiger partial charge in [0.1, 0.15) is 6.04 Å². The third kappa shape index (κ3) is 4.42. The van der Waals surface area contributed by atoms with Crippen molar-refractivity contribution in [2.45, 2.75) is 45.9 Å². The second-order valence-corrected chi connectivity index (χ2v) is 6.45. The van der Waals surface area contributed by atoms with Gasteiger partial charge in [-0.1, -0.05) is 0 Å². The summed E-state index contributed by atoms with van der Waals surface area (Å²) in [6.07, 6.45) is 0.733. The van der Waals surface area contributed by atoms with Crippen molar-refractivity contribution in [1.82, 2.24) is 10.2 Å². The molecule has 1 N–H and O–H groups in total. The predicted octanol–water partition coefficient (Wildman–Crippen LogP) is 2.17. The number of halogens is 1. The first-order valence-electron chi connectivity index (χ1n) is 9.19. The Hall–Kier alpha value is -1.50. The molecular weight excluding hydrogens is 356 g/mol. The fraction of sp³-hybridized carbons (Fsp3) is 0.632. The first-order chi connectivity index (χ1) is 12.1. The molecule has 6 nitrogen and oxygen atoms in total. The number of hydrogen-bond acceptors (Lipinski definition) is 5. The molecule has 1 saturated heterocycles. The van der Waals surface area contributed by atoms with Crippen molar-refractivity contribution in [2.75, 3.05) is 32.9 Å². The van der Waals surface area contributed by atoms with Gasteiger partial charge in [0, 0.05) is 19.6 Å². The van der Waals surface area contributed by atoms with E-state index in [1.54, 1.807) is 0 Å². The van der Waals surface area contributed by atoms with E-state index in [2.05, 4.69) is 11.4 Å². The van der Waals surface area contributed by atoms with Crippen LogP contribution in [-0.4, -0.2) is 55.9 Å². The van der Waals surface area contributed by atoms with Crippen LogP contribution in [0, 0.1) is 0 Å². The molecule has 1 amide bonds. The minimum atomic E-state index is -0.260. The van der Waals surface area contributed by atoms with Gasteiger partial charge in [0.05, 0.1) is 25.9 Å². The molecule has 2 aliphatic rings. The number of fused-ring (bicyclic) bond motifs is 1. The maximum absolute atomic E-state index is 12.9. The maximum Gasteiger partial charge on any atom is 0.242 e. The van der Waals surface area contributed by atoms with Crippen LogP contribution in [0.2, 0.25) is 0 Å². The second kappa shape index (κ2) is 9.44. The summed E-state index contributed by atoms with van der Waals surface area (Å²) in [5.74, 6) is 1.66. The van der Waals surface area contributed by atoms with Crippen molar-refractivity contribution in [3.8, 4) is 11.5 Å². The van der Waals surface area contributed by atoms with E-state index < -0.39 is 0 Å². The topological polar surface area (TPSA) is 60.0 Å². The summed E-state index contributed by atoms with van der Waals surface area (Å²) in [6.45, 7) is 9.77. The summed E-state index contributed by atoms with van der Waals surface area (Å²) < 4.78 is 17.1. The van der Waals surface area contributed by atoms with Gasteiger partial charge in [0.2, 0.25) is 5.91 Å². The molecular formula is C19H29ClN2O4.